The minimum absolute atomic E-state index is 0.168. The molecule has 0 fully saturated rings. The van der Waals surface area contributed by atoms with E-state index in [1.54, 1.807) is 37.7 Å². The highest BCUT2D eigenvalue weighted by Gasteiger charge is 2.12. The Labute approximate surface area is 104 Å². The molecule has 0 aliphatic rings. The first-order chi connectivity index (χ1) is 7.87. The lowest BCUT2D eigenvalue weighted by Crippen LogP contribution is -2.21. The van der Waals surface area contributed by atoms with Gasteiger partial charge in [-0.25, -0.2) is 0 Å². The summed E-state index contributed by atoms with van der Waals surface area (Å²) < 4.78 is 28.3. The second kappa shape index (κ2) is 6.21. The van der Waals surface area contributed by atoms with E-state index in [1.165, 1.54) is 6.07 Å². The van der Waals surface area contributed by atoms with E-state index in [4.69, 9.17) is 0 Å². The summed E-state index contributed by atoms with van der Waals surface area (Å²) in [5.41, 5.74) is 0.180. The van der Waals surface area contributed by atoms with Gasteiger partial charge in [0.05, 0.1) is 5.60 Å². The van der Waals surface area contributed by atoms with E-state index in [1.807, 2.05) is 6.07 Å². The van der Waals surface area contributed by atoms with Crippen molar-refractivity contribution >= 4 is 11.8 Å². The molecule has 1 aromatic rings. The quantitative estimate of drug-likeness (QED) is 0.853. The molecule has 0 amide bonds. The summed E-state index contributed by atoms with van der Waals surface area (Å²) >= 11 is 1.55. The number of hydrogen-bond acceptors (Lipinski definition) is 3. The molecule has 0 heterocycles. The highest BCUT2D eigenvalue weighted by Crippen LogP contribution is 2.21. The third-order valence-corrected chi connectivity index (χ3v) is 3.30. The highest BCUT2D eigenvalue weighted by molar-refractivity contribution is 7.98. The van der Waals surface area contributed by atoms with E-state index in [-0.39, 0.29) is 5.75 Å². The van der Waals surface area contributed by atoms with Gasteiger partial charge in [0.2, 0.25) is 0 Å². The molecule has 1 aromatic carbocycles. The van der Waals surface area contributed by atoms with Crippen LogP contribution >= 0.6 is 11.8 Å². The third kappa shape index (κ3) is 6.48. The molecule has 0 radical (unpaired) electrons. The highest BCUT2D eigenvalue weighted by atomic mass is 32.2. The van der Waals surface area contributed by atoms with Crippen LogP contribution in [-0.4, -0.2) is 23.1 Å². The molecule has 0 saturated heterocycles. The zero-order chi connectivity index (χ0) is 12.9. The Balaban J connectivity index is 2.48. The van der Waals surface area contributed by atoms with Crippen LogP contribution in [0.15, 0.2) is 24.3 Å². The van der Waals surface area contributed by atoms with Gasteiger partial charge in [0.15, 0.2) is 0 Å². The van der Waals surface area contributed by atoms with Gasteiger partial charge in [-0.2, -0.15) is 20.5 Å². The molecule has 0 aliphatic carbocycles. The van der Waals surface area contributed by atoms with Crippen LogP contribution in [0.4, 0.5) is 8.78 Å². The van der Waals surface area contributed by atoms with Crippen molar-refractivity contribution in [2.75, 3.05) is 5.75 Å². The topological polar surface area (TPSA) is 29.5 Å². The van der Waals surface area contributed by atoms with Gasteiger partial charge < -0.3 is 9.84 Å². The molecule has 2 nitrogen and oxygen atoms in total. The fourth-order valence-corrected chi connectivity index (χ4v) is 2.25. The van der Waals surface area contributed by atoms with Gasteiger partial charge in [-0.15, -0.1) is 0 Å². The summed E-state index contributed by atoms with van der Waals surface area (Å²) in [5, 5.41) is 9.52. The smallest absolute Gasteiger partial charge is 0.387 e. The Morgan fingerprint density at radius 3 is 2.71 bits per heavy atom. The summed E-state index contributed by atoms with van der Waals surface area (Å²) in [6, 6.07) is 6.60. The maximum absolute atomic E-state index is 12.0. The van der Waals surface area contributed by atoms with Crippen LogP contribution in [0, 0.1) is 0 Å². The van der Waals surface area contributed by atoms with Crippen LogP contribution < -0.4 is 4.74 Å². The molecule has 5 heteroatoms. The van der Waals surface area contributed by atoms with Crippen molar-refractivity contribution in [2.24, 2.45) is 0 Å². The molecule has 0 atom stereocenters. The van der Waals surface area contributed by atoms with E-state index in [9.17, 15) is 13.9 Å². The molecule has 0 spiro atoms. The minimum Gasteiger partial charge on any atom is -0.435 e. The normalized spacial score (nSPS) is 11.9. The van der Waals surface area contributed by atoms with Gasteiger partial charge in [0.25, 0.3) is 0 Å². The van der Waals surface area contributed by atoms with E-state index >= 15 is 0 Å². The zero-order valence-electron chi connectivity index (χ0n) is 9.82. The monoisotopic (exact) mass is 262 g/mol. The number of alkyl halides is 2. The average molecular weight is 262 g/mol. The Kier molecular flexibility index (Phi) is 5.21. The Bertz CT molecular complexity index is 351. The van der Waals surface area contributed by atoms with Crippen molar-refractivity contribution in [2.45, 2.75) is 31.8 Å². The minimum atomic E-state index is -2.80. The Morgan fingerprint density at radius 1 is 1.41 bits per heavy atom. The summed E-state index contributed by atoms with van der Waals surface area (Å²) in [6.45, 7) is 0.668. The lowest BCUT2D eigenvalue weighted by Gasteiger charge is -2.16. The molecule has 1 N–H and O–H groups in total. The van der Waals surface area contributed by atoms with Crippen molar-refractivity contribution in [1.82, 2.24) is 0 Å². The Morgan fingerprint density at radius 2 is 2.12 bits per heavy atom. The maximum Gasteiger partial charge on any atom is 0.387 e. The first kappa shape index (κ1) is 14.3. The summed E-state index contributed by atoms with van der Waals surface area (Å²) in [7, 11) is 0. The number of benzene rings is 1. The fraction of sp³-hybridized carbons (Fsp3) is 0.500. The molecular formula is C12H16F2O2S. The van der Waals surface area contributed by atoms with Gasteiger partial charge in [0.1, 0.15) is 5.75 Å². The molecule has 96 valence electrons. The molecule has 0 saturated carbocycles. The lowest BCUT2D eigenvalue weighted by atomic mass is 10.2. The number of rotatable bonds is 6. The number of ether oxygens (including phenoxy) is 1. The first-order valence-electron chi connectivity index (χ1n) is 5.21. The number of halogens is 2. The van der Waals surface area contributed by atoms with E-state index in [2.05, 4.69) is 4.74 Å². The standard InChI is InChI=1S/C12H16F2O2S/c1-12(2,15)8-17-7-9-4-3-5-10(6-9)16-11(13)14/h3-6,11,15H,7-8H2,1-2H3. The van der Waals surface area contributed by atoms with Gasteiger partial charge in [-0.1, -0.05) is 12.1 Å². The van der Waals surface area contributed by atoms with Crippen LogP contribution in [0.25, 0.3) is 0 Å². The molecular weight excluding hydrogens is 246 g/mol. The second-order valence-corrected chi connectivity index (χ2v) is 5.32. The van der Waals surface area contributed by atoms with Crippen LogP contribution in [0.5, 0.6) is 5.75 Å². The molecule has 1 rings (SSSR count). The van der Waals surface area contributed by atoms with E-state index in [0.29, 0.717) is 11.5 Å². The van der Waals surface area contributed by atoms with Crippen molar-refractivity contribution < 1.29 is 18.6 Å². The van der Waals surface area contributed by atoms with Gasteiger partial charge in [-0.05, 0) is 31.5 Å². The van der Waals surface area contributed by atoms with Crippen LogP contribution in [-0.2, 0) is 5.75 Å². The zero-order valence-corrected chi connectivity index (χ0v) is 10.6. The van der Waals surface area contributed by atoms with Gasteiger partial charge in [-0.3, -0.25) is 0 Å². The van der Waals surface area contributed by atoms with Crippen LogP contribution in [0.3, 0.4) is 0 Å². The van der Waals surface area contributed by atoms with Gasteiger partial charge >= 0.3 is 6.61 Å². The lowest BCUT2D eigenvalue weighted by molar-refractivity contribution is -0.0498. The molecule has 0 aliphatic heterocycles. The summed E-state index contributed by atoms with van der Waals surface area (Å²) in [5.74, 6) is 1.42. The number of hydrogen-bond donors (Lipinski definition) is 1. The molecule has 0 aromatic heterocycles. The largest absolute Gasteiger partial charge is 0.435 e. The maximum atomic E-state index is 12.0. The molecule has 0 bridgehead atoms. The van der Waals surface area contributed by atoms with Crippen LogP contribution in [0.1, 0.15) is 19.4 Å². The Hall–Kier alpha value is -0.810. The predicted octanol–water partition coefficient (Wildman–Crippen LogP) is 3.29. The van der Waals surface area contributed by atoms with Crippen molar-refractivity contribution in [3.63, 3.8) is 0 Å². The third-order valence-electron chi connectivity index (χ3n) is 1.85. The fourth-order valence-electron chi connectivity index (χ4n) is 1.23. The number of aliphatic hydroxyl groups is 1. The predicted molar refractivity (Wildman–Crippen MR) is 65.5 cm³/mol. The van der Waals surface area contributed by atoms with E-state index in [0.717, 1.165) is 5.56 Å². The first-order valence-corrected chi connectivity index (χ1v) is 6.36. The van der Waals surface area contributed by atoms with Crippen LogP contribution in [0.2, 0.25) is 0 Å². The van der Waals surface area contributed by atoms with Gasteiger partial charge in [0, 0.05) is 11.5 Å². The summed E-state index contributed by atoms with van der Waals surface area (Å²) in [6.07, 6.45) is 0. The average Bonchev–Trinajstić information content (AvgIpc) is 2.15. The molecule has 0 unspecified atom stereocenters. The van der Waals surface area contributed by atoms with Crippen molar-refractivity contribution in [1.29, 1.82) is 0 Å². The second-order valence-electron chi connectivity index (χ2n) is 4.33. The van der Waals surface area contributed by atoms with E-state index < -0.39 is 12.2 Å². The van der Waals surface area contributed by atoms with Crippen molar-refractivity contribution in [3.8, 4) is 5.75 Å². The molecule has 17 heavy (non-hydrogen) atoms. The SMILES string of the molecule is CC(C)(O)CSCc1cccc(OC(F)F)c1. The number of thioether (sulfide) groups is 1. The summed E-state index contributed by atoms with van der Waals surface area (Å²) in [4.78, 5) is 0. The van der Waals surface area contributed by atoms with Crippen molar-refractivity contribution in [3.05, 3.63) is 29.8 Å².